The van der Waals surface area contributed by atoms with E-state index in [2.05, 4.69) is 19.1 Å². The summed E-state index contributed by atoms with van der Waals surface area (Å²) in [6.07, 6.45) is 81.6. The third kappa shape index (κ3) is 48.7. The van der Waals surface area contributed by atoms with Crippen molar-refractivity contribution in [3.8, 4) is 0 Å². The molecule has 0 saturated carbocycles. The molecule has 0 spiro atoms. The molecule has 6 heteroatoms. The third-order valence-corrected chi connectivity index (χ3v) is 16.5. The van der Waals surface area contributed by atoms with E-state index in [-0.39, 0.29) is 19.6 Å². The van der Waals surface area contributed by atoms with E-state index in [0.717, 1.165) is 19.3 Å². The van der Waals surface area contributed by atoms with E-state index in [1.165, 1.54) is 327 Å². The van der Waals surface area contributed by atoms with Gasteiger partial charge in [-0.1, -0.05) is 340 Å². The van der Waals surface area contributed by atoms with Crippen molar-refractivity contribution in [2.75, 3.05) is 26.4 Å². The second-order valence-corrected chi connectivity index (χ2v) is 23.9. The molecule has 0 radical (unpaired) electrons. The molecule has 432 valence electrons. The Kier molecular flexibility index (Phi) is 54.2. The lowest BCUT2D eigenvalue weighted by atomic mass is 9.92. The van der Waals surface area contributed by atoms with Gasteiger partial charge >= 0.3 is 11.9 Å². The van der Waals surface area contributed by atoms with Crippen molar-refractivity contribution < 1.29 is 29.3 Å². The maximum absolute atomic E-state index is 12.5. The highest BCUT2D eigenvalue weighted by molar-refractivity contribution is 5.80. The van der Waals surface area contributed by atoms with Gasteiger partial charge in [0, 0.05) is 0 Å². The molecule has 1 unspecified atom stereocenters. The molecule has 1 fully saturated rings. The Balaban J connectivity index is 1.68. The van der Waals surface area contributed by atoms with Crippen molar-refractivity contribution in [1.29, 1.82) is 0 Å². The predicted molar refractivity (Wildman–Crippen MR) is 315 cm³/mol. The van der Waals surface area contributed by atoms with Gasteiger partial charge in [-0.05, 0) is 32.1 Å². The number of ether oxygens (including phenoxy) is 2. The fourth-order valence-corrected chi connectivity index (χ4v) is 11.1. The predicted octanol–water partition coefficient (Wildman–Crippen LogP) is 21.1. The second-order valence-electron chi connectivity index (χ2n) is 23.9. The number of aliphatic hydroxyl groups is 2. The van der Waals surface area contributed by atoms with Gasteiger partial charge in [0.25, 0.3) is 0 Å². The summed E-state index contributed by atoms with van der Waals surface area (Å²) < 4.78 is 10.6. The average molecular weight is 1030 g/mol. The number of esters is 2. The highest BCUT2D eigenvalue weighted by Crippen LogP contribution is 2.25. The number of allylic oxidation sites excluding steroid dienone is 2. The molecule has 1 heterocycles. The number of unbranched alkanes of at least 4 members (excludes halogenated alkanes) is 52. The summed E-state index contributed by atoms with van der Waals surface area (Å²) in [6.45, 7) is 1.21. The summed E-state index contributed by atoms with van der Waals surface area (Å²) in [5.74, 6) is -1.40. The first-order valence-electron chi connectivity index (χ1n) is 33.3. The van der Waals surface area contributed by atoms with Gasteiger partial charge < -0.3 is 19.7 Å². The van der Waals surface area contributed by atoms with Gasteiger partial charge in [-0.2, -0.15) is 0 Å². The lowest BCUT2D eigenvalue weighted by Gasteiger charge is -2.27. The van der Waals surface area contributed by atoms with Crippen LogP contribution in [0.25, 0.3) is 0 Å². The van der Waals surface area contributed by atoms with Crippen LogP contribution in [0, 0.1) is 11.3 Å². The number of carbonyl (C=O) groups excluding carboxylic acids is 2. The van der Waals surface area contributed by atoms with Crippen LogP contribution in [0.15, 0.2) is 12.2 Å². The van der Waals surface area contributed by atoms with Crippen molar-refractivity contribution in [3.63, 3.8) is 0 Å². The number of hydrogen-bond donors (Lipinski definition) is 2. The first-order valence-corrected chi connectivity index (χ1v) is 33.3. The maximum Gasteiger partial charge on any atom is 0.309 e. The molecule has 1 aliphatic rings. The van der Waals surface area contributed by atoms with Crippen LogP contribution in [-0.2, 0) is 19.1 Å². The van der Waals surface area contributed by atoms with Crippen LogP contribution in [0.3, 0.4) is 0 Å². The minimum absolute atomic E-state index is 0.00483. The second kappa shape index (κ2) is 56.8. The van der Waals surface area contributed by atoms with Crippen molar-refractivity contribution >= 4 is 11.9 Å². The molecule has 0 aliphatic carbocycles. The largest absolute Gasteiger partial charge is 0.465 e. The van der Waals surface area contributed by atoms with Gasteiger partial charge in [-0.15, -0.1) is 0 Å². The summed E-state index contributed by atoms with van der Waals surface area (Å²) in [5.41, 5.74) is -1.12. The Morgan fingerprint density at radius 1 is 0.356 bits per heavy atom. The van der Waals surface area contributed by atoms with Crippen molar-refractivity contribution in [2.45, 2.75) is 366 Å². The molecule has 6 nitrogen and oxygen atoms in total. The SMILES string of the molecule is CCCCCCCCCCCCCCCCCCCCCCC/C=C/CCCCCCCCCCCCCCCCCCCCCCCCCCCCCCCCCC1CC(=O)OCC(CO)(CO)COC1=O. The molecule has 1 atom stereocenters. The van der Waals surface area contributed by atoms with Gasteiger partial charge in [-0.3, -0.25) is 9.59 Å². The summed E-state index contributed by atoms with van der Waals surface area (Å²) in [7, 11) is 0. The number of carbonyl (C=O) groups is 2. The lowest BCUT2D eigenvalue weighted by molar-refractivity contribution is -0.155. The number of hydrogen-bond acceptors (Lipinski definition) is 6. The standard InChI is InChI=1S/C67H128O6/c1-2-3-4-5-6-7-8-9-10-11-12-13-14-15-16-17-18-19-20-21-22-23-24-25-26-27-28-29-30-31-32-33-34-35-36-37-38-39-40-41-42-43-44-45-46-47-48-49-50-51-52-53-54-55-56-57-58-64-59-65(70)72-62-67(60-68,61-69)63-73-66(64)71/h24-25,64,68-69H,2-23,26-63H2,1H3/b25-24+. The van der Waals surface area contributed by atoms with Crippen LogP contribution in [0.5, 0.6) is 0 Å². The van der Waals surface area contributed by atoms with E-state index in [1.807, 2.05) is 0 Å². The molecule has 0 aromatic carbocycles. The Bertz CT molecular complexity index is 1150. The normalized spacial score (nSPS) is 15.2. The van der Waals surface area contributed by atoms with Crippen LogP contribution in [0.2, 0.25) is 0 Å². The first-order chi connectivity index (χ1) is 36.1. The molecule has 1 saturated heterocycles. The molecular formula is C67H128O6. The maximum atomic E-state index is 12.5. The van der Waals surface area contributed by atoms with Crippen LogP contribution in [0.4, 0.5) is 0 Å². The molecule has 0 aromatic rings. The zero-order valence-electron chi connectivity index (χ0n) is 49.2. The van der Waals surface area contributed by atoms with Gasteiger partial charge in [0.15, 0.2) is 0 Å². The van der Waals surface area contributed by atoms with Gasteiger partial charge in [0.2, 0.25) is 0 Å². The van der Waals surface area contributed by atoms with E-state index in [9.17, 15) is 19.8 Å². The van der Waals surface area contributed by atoms with Crippen molar-refractivity contribution in [3.05, 3.63) is 12.2 Å². The summed E-state index contributed by atoms with van der Waals surface area (Å²) in [6, 6.07) is 0. The van der Waals surface area contributed by atoms with E-state index in [0.29, 0.717) is 6.42 Å². The molecule has 1 rings (SSSR count). The molecule has 73 heavy (non-hydrogen) atoms. The van der Waals surface area contributed by atoms with Gasteiger partial charge in [0.05, 0.1) is 31.0 Å². The first kappa shape index (κ1) is 69.6. The van der Waals surface area contributed by atoms with E-state index >= 15 is 0 Å². The number of rotatable bonds is 58. The molecule has 0 bridgehead atoms. The summed E-state index contributed by atoms with van der Waals surface area (Å²) in [4.78, 5) is 24.7. The Morgan fingerprint density at radius 2 is 0.589 bits per heavy atom. The van der Waals surface area contributed by atoms with Crippen LogP contribution in [0.1, 0.15) is 366 Å². The molecule has 0 aromatic heterocycles. The van der Waals surface area contributed by atoms with Gasteiger partial charge in [0.1, 0.15) is 13.2 Å². The monoisotopic (exact) mass is 1030 g/mol. The fraction of sp³-hybridized carbons (Fsp3) is 0.940. The van der Waals surface area contributed by atoms with Crippen LogP contribution >= 0.6 is 0 Å². The minimum Gasteiger partial charge on any atom is -0.465 e. The smallest absolute Gasteiger partial charge is 0.309 e. The van der Waals surface area contributed by atoms with Crippen molar-refractivity contribution in [2.24, 2.45) is 11.3 Å². The Labute approximate surface area is 455 Å². The van der Waals surface area contributed by atoms with E-state index < -0.39 is 36.5 Å². The highest BCUT2D eigenvalue weighted by atomic mass is 16.6. The molecular weight excluding hydrogens is 901 g/mol. The summed E-state index contributed by atoms with van der Waals surface area (Å²) >= 11 is 0. The molecule has 0 amide bonds. The summed E-state index contributed by atoms with van der Waals surface area (Å²) in [5, 5.41) is 19.2. The average Bonchev–Trinajstić information content (AvgIpc) is 3.46. The number of cyclic esters (lactones) is 2. The molecule has 1 aliphatic heterocycles. The van der Waals surface area contributed by atoms with Crippen LogP contribution < -0.4 is 0 Å². The topological polar surface area (TPSA) is 93.1 Å². The zero-order valence-corrected chi connectivity index (χ0v) is 49.2. The van der Waals surface area contributed by atoms with Gasteiger partial charge in [-0.25, -0.2) is 0 Å². The van der Waals surface area contributed by atoms with Crippen molar-refractivity contribution in [1.82, 2.24) is 0 Å². The molecule has 2 N–H and O–H groups in total. The quantitative estimate of drug-likeness (QED) is 0.0358. The number of aliphatic hydroxyl groups excluding tert-OH is 2. The zero-order chi connectivity index (χ0) is 52.5. The highest BCUT2D eigenvalue weighted by Gasteiger charge is 2.36. The van der Waals surface area contributed by atoms with E-state index in [4.69, 9.17) is 9.47 Å². The minimum atomic E-state index is -1.12. The van der Waals surface area contributed by atoms with Crippen LogP contribution in [-0.4, -0.2) is 48.6 Å². The fourth-order valence-electron chi connectivity index (χ4n) is 11.1. The lowest BCUT2D eigenvalue weighted by Crippen LogP contribution is -2.40. The van der Waals surface area contributed by atoms with E-state index in [1.54, 1.807) is 0 Å². The Hall–Kier alpha value is -1.40. The Morgan fingerprint density at radius 3 is 0.849 bits per heavy atom. The third-order valence-electron chi connectivity index (χ3n) is 16.5.